The van der Waals surface area contributed by atoms with E-state index in [1.807, 2.05) is 72.8 Å². The van der Waals surface area contributed by atoms with Crippen LogP contribution in [-0.4, -0.2) is 18.0 Å². The van der Waals surface area contributed by atoms with Gasteiger partial charge in [0.2, 0.25) is 0 Å². The first kappa shape index (κ1) is 20.1. The third kappa shape index (κ3) is 4.35. The molecule has 0 fully saturated rings. The van der Waals surface area contributed by atoms with Crippen molar-refractivity contribution in [2.75, 3.05) is 12.4 Å². The topological polar surface area (TPSA) is 58.6 Å². The van der Waals surface area contributed by atoms with Crippen molar-refractivity contribution in [3.63, 3.8) is 0 Å². The maximum atomic E-state index is 12.9. The Labute approximate surface area is 176 Å². The Morgan fingerprint density at radius 2 is 1.80 bits per heavy atom. The lowest BCUT2D eigenvalue weighted by atomic mass is 9.88. The number of benzene rings is 3. The molecule has 4 nitrogen and oxygen atoms in total. The van der Waals surface area contributed by atoms with Gasteiger partial charge in [-0.2, -0.15) is 0 Å². The van der Waals surface area contributed by atoms with Gasteiger partial charge in [-0.3, -0.25) is 4.79 Å². The molecule has 0 spiro atoms. The summed E-state index contributed by atoms with van der Waals surface area (Å²) < 4.78 is 5.74. The Balaban J connectivity index is 1.74. The van der Waals surface area contributed by atoms with Gasteiger partial charge in [-0.05, 0) is 59.0 Å². The molecular weight excluding hydrogens is 374 g/mol. The molecule has 0 aromatic heterocycles. The summed E-state index contributed by atoms with van der Waals surface area (Å²) in [6.45, 7) is 0.00649. The number of allylic oxidation sites excluding steroid dienone is 1. The fraction of sp³-hybridized carbons (Fsp3) is 0.192. The first-order valence-corrected chi connectivity index (χ1v) is 10.1. The Bertz CT molecular complexity index is 1070. The molecule has 0 saturated heterocycles. The number of anilines is 2. The van der Waals surface area contributed by atoms with Gasteiger partial charge in [0.15, 0.2) is 5.78 Å². The molecular formula is C26H25NO3. The van der Waals surface area contributed by atoms with Crippen LogP contribution < -0.4 is 5.32 Å². The highest BCUT2D eigenvalue weighted by Gasteiger charge is 2.22. The molecule has 30 heavy (non-hydrogen) atoms. The third-order valence-corrected chi connectivity index (χ3v) is 5.44. The highest BCUT2D eigenvalue weighted by atomic mass is 16.5. The molecule has 0 bridgehead atoms. The molecule has 0 aliphatic heterocycles. The van der Waals surface area contributed by atoms with Crippen LogP contribution in [0.15, 0.2) is 72.8 Å². The Morgan fingerprint density at radius 1 is 1.00 bits per heavy atom. The molecule has 2 N–H and O–H groups in total. The zero-order valence-electron chi connectivity index (χ0n) is 17.0. The SMILES string of the molecule is COC1CCC(=O)/C(c2ccccc2)=C\c2ccc(Nc3cccc(CO)c3)cc21. The van der Waals surface area contributed by atoms with E-state index < -0.39 is 0 Å². The van der Waals surface area contributed by atoms with Gasteiger partial charge >= 0.3 is 0 Å². The number of hydrogen-bond acceptors (Lipinski definition) is 4. The Kier molecular flexibility index (Phi) is 6.07. The van der Waals surface area contributed by atoms with Crippen molar-refractivity contribution >= 4 is 28.8 Å². The molecule has 1 aliphatic rings. The highest BCUT2D eigenvalue weighted by molar-refractivity contribution is 6.25. The number of carbonyl (C=O) groups excluding carboxylic acids is 1. The molecule has 152 valence electrons. The van der Waals surface area contributed by atoms with E-state index in [9.17, 15) is 9.90 Å². The van der Waals surface area contributed by atoms with E-state index in [2.05, 4.69) is 11.4 Å². The zero-order valence-corrected chi connectivity index (χ0v) is 17.0. The average Bonchev–Trinajstić information content (AvgIpc) is 2.78. The van der Waals surface area contributed by atoms with Crippen molar-refractivity contribution < 1.29 is 14.6 Å². The maximum absolute atomic E-state index is 12.9. The van der Waals surface area contributed by atoms with Gasteiger partial charge in [-0.25, -0.2) is 0 Å². The van der Waals surface area contributed by atoms with Crippen molar-refractivity contribution in [1.82, 2.24) is 0 Å². The summed E-state index contributed by atoms with van der Waals surface area (Å²) in [5, 5.41) is 12.8. The van der Waals surface area contributed by atoms with Gasteiger partial charge in [-0.1, -0.05) is 48.5 Å². The quantitative estimate of drug-likeness (QED) is 0.594. The molecule has 1 aliphatic carbocycles. The number of ether oxygens (including phenoxy) is 1. The van der Waals surface area contributed by atoms with Gasteiger partial charge in [0.05, 0.1) is 12.7 Å². The zero-order chi connectivity index (χ0) is 20.9. The van der Waals surface area contributed by atoms with E-state index >= 15 is 0 Å². The second-order valence-electron chi connectivity index (χ2n) is 7.44. The number of aliphatic hydroxyl groups is 1. The molecule has 0 radical (unpaired) electrons. The average molecular weight is 399 g/mol. The second kappa shape index (κ2) is 9.08. The molecule has 3 aromatic rings. The lowest BCUT2D eigenvalue weighted by molar-refractivity contribution is -0.114. The van der Waals surface area contributed by atoms with Crippen molar-refractivity contribution in [3.05, 3.63) is 95.1 Å². The van der Waals surface area contributed by atoms with Gasteiger partial charge in [0.1, 0.15) is 0 Å². The molecule has 4 heteroatoms. The largest absolute Gasteiger partial charge is 0.392 e. The van der Waals surface area contributed by atoms with Crippen LogP contribution in [0.5, 0.6) is 0 Å². The lowest BCUT2D eigenvalue weighted by Crippen LogP contribution is -2.12. The number of fused-ring (bicyclic) bond motifs is 1. The minimum atomic E-state index is -0.150. The molecule has 4 rings (SSSR count). The number of rotatable bonds is 5. The van der Waals surface area contributed by atoms with E-state index in [-0.39, 0.29) is 18.5 Å². The molecule has 1 unspecified atom stereocenters. The fourth-order valence-electron chi connectivity index (χ4n) is 3.87. The molecule has 0 saturated carbocycles. The first-order chi connectivity index (χ1) is 14.7. The van der Waals surface area contributed by atoms with Crippen LogP contribution in [0.1, 0.15) is 41.2 Å². The normalized spacial score (nSPS) is 18.0. The minimum Gasteiger partial charge on any atom is -0.392 e. The molecule has 0 heterocycles. The van der Waals surface area contributed by atoms with Crippen LogP contribution in [-0.2, 0) is 16.1 Å². The summed E-state index contributed by atoms with van der Waals surface area (Å²) in [7, 11) is 1.69. The summed E-state index contributed by atoms with van der Waals surface area (Å²) in [4.78, 5) is 12.9. The fourth-order valence-corrected chi connectivity index (χ4v) is 3.87. The predicted octanol–water partition coefficient (Wildman–Crippen LogP) is 5.51. The minimum absolute atomic E-state index is 0.00649. The molecule has 3 aromatic carbocycles. The lowest BCUT2D eigenvalue weighted by Gasteiger charge is -2.22. The summed E-state index contributed by atoms with van der Waals surface area (Å²) in [6, 6.07) is 23.6. The summed E-state index contributed by atoms with van der Waals surface area (Å²) >= 11 is 0. The van der Waals surface area contributed by atoms with Crippen molar-refractivity contribution in [2.24, 2.45) is 0 Å². The smallest absolute Gasteiger partial charge is 0.163 e. The van der Waals surface area contributed by atoms with E-state index in [1.165, 1.54) is 0 Å². The van der Waals surface area contributed by atoms with Crippen LogP contribution >= 0.6 is 0 Å². The number of aliphatic hydroxyl groups excluding tert-OH is 1. The van der Waals surface area contributed by atoms with Gasteiger partial charge < -0.3 is 15.2 Å². The van der Waals surface area contributed by atoms with E-state index in [4.69, 9.17) is 4.74 Å². The van der Waals surface area contributed by atoms with Crippen molar-refractivity contribution in [1.29, 1.82) is 0 Å². The van der Waals surface area contributed by atoms with Crippen molar-refractivity contribution in [3.8, 4) is 0 Å². The monoisotopic (exact) mass is 399 g/mol. The van der Waals surface area contributed by atoms with Gasteiger partial charge in [0.25, 0.3) is 0 Å². The number of nitrogens with one attached hydrogen (secondary N) is 1. The Morgan fingerprint density at radius 3 is 2.57 bits per heavy atom. The summed E-state index contributed by atoms with van der Waals surface area (Å²) in [5.74, 6) is 0.136. The summed E-state index contributed by atoms with van der Waals surface area (Å²) in [6.07, 6.45) is 2.90. The van der Waals surface area contributed by atoms with Gasteiger partial charge in [0, 0.05) is 30.5 Å². The van der Waals surface area contributed by atoms with Crippen LogP contribution in [0.4, 0.5) is 11.4 Å². The number of Topliss-reactive ketones (excluding diaryl/α,β-unsaturated/α-hetero) is 1. The van der Waals surface area contributed by atoms with E-state index in [0.717, 1.165) is 39.2 Å². The van der Waals surface area contributed by atoms with Crippen LogP contribution in [0.25, 0.3) is 11.6 Å². The van der Waals surface area contributed by atoms with E-state index in [0.29, 0.717) is 12.8 Å². The van der Waals surface area contributed by atoms with Crippen LogP contribution in [0.3, 0.4) is 0 Å². The first-order valence-electron chi connectivity index (χ1n) is 10.1. The third-order valence-electron chi connectivity index (χ3n) is 5.44. The second-order valence-corrected chi connectivity index (χ2v) is 7.44. The van der Waals surface area contributed by atoms with Crippen LogP contribution in [0, 0.1) is 0 Å². The highest BCUT2D eigenvalue weighted by Crippen LogP contribution is 2.35. The predicted molar refractivity (Wildman–Crippen MR) is 120 cm³/mol. The maximum Gasteiger partial charge on any atom is 0.163 e. The van der Waals surface area contributed by atoms with Gasteiger partial charge in [-0.15, -0.1) is 0 Å². The van der Waals surface area contributed by atoms with Crippen molar-refractivity contribution in [2.45, 2.75) is 25.6 Å². The number of hydrogen-bond donors (Lipinski definition) is 2. The number of carbonyl (C=O) groups is 1. The molecule has 1 atom stereocenters. The van der Waals surface area contributed by atoms with Crippen LogP contribution in [0.2, 0.25) is 0 Å². The number of methoxy groups -OCH3 is 1. The van der Waals surface area contributed by atoms with E-state index in [1.54, 1.807) is 7.11 Å². The molecule has 0 amide bonds. The Hall–Kier alpha value is -3.21. The summed E-state index contributed by atoms with van der Waals surface area (Å²) in [5.41, 5.74) is 6.43. The number of ketones is 1. The standard InChI is InChI=1S/C26H25NO3/c1-30-26-13-12-25(29)23(19-7-3-2-4-8-19)15-20-10-11-22(16-24(20)26)27-21-9-5-6-18(14-21)17-28/h2-11,14-16,26-28H,12-13,17H2,1H3/b23-15-.